The van der Waals surface area contributed by atoms with Gasteiger partial charge in [-0.05, 0) is 29.8 Å². The highest BCUT2D eigenvalue weighted by atomic mass is 16.3. The van der Waals surface area contributed by atoms with Crippen LogP contribution in [0.2, 0.25) is 0 Å². The molecule has 0 radical (unpaired) electrons. The van der Waals surface area contributed by atoms with Crippen molar-refractivity contribution in [3.8, 4) is 0 Å². The Bertz CT molecular complexity index is 529. The van der Waals surface area contributed by atoms with Crippen LogP contribution in [0.5, 0.6) is 0 Å². The first-order chi connectivity index (χ1) is 8.69. The molecule has 4 nitrogen and oxygen atoms in total. The number of rotatable bonds is 4. The number of benzene rings is 1. The molecule has 0 aliphatic heterocycles. The lowest BCUT2D eigenvalue weighted by Crippen LogP contribution is -2.22. The van der Waals surface area contributed by atoms with Gasteiger partial charge in [-0.3, -0.25) is 4.79 Å². The third kappa shape index (κ3) is 2.91. The molecule has 0 unspecified atom stereocenters. The van der Waals surface area contributed by atoms with E-state index in [1.165, 1.54) is 0 Å². The largest absolute Gasteiger partial charge is 0.456 e. The zero-order valence-corrected chi connectivity index (χ0v) is 10.3. The summed E-state index contributed by atoms with van der Waals surface area (Å²) in [5, 5.41) is 2.80. The smallest absolute Gasteiger partial charge is 0.287 e. The minimum atomic E-state index is -0.202. The lowest BCUT2D eigenvalue weighted by atomic mass is 10.2. The van der Waals surface area contributed by atoms with Crippen LogP contribution < -0.4 is 11.1 Å². The zero-order chi connectivity index (χ0) is 13.0. The number of nitrogen functional groups attached to an aromatic ring is 1. The van der Waals surface area contributed by atoms with Crippen LogP contribution in [-0.4, -0.2) is 5.91 Å². The minimum Gasteiger partial charge on any atom is -0.456 e. The van der Waals surface area contributed by atoms with Crippen LogP contribution in [0.15, 0.2) is 40.8 Å². The number of nitrogens with two attached hydrogens (primary N) is 1. The Morgan fingerprint density at radius 2 is 1.94 bits per heavy atom. The van der Waals surface area contributed by atoms with E-state index >= 15 is 0 Å². The summed E-state index contributed by atoms with van der Waals surface area (Å²) in [5.41, 5.74) is 7.30. The number of amides is 1. The Morgan fingerprint density at radius 3 is 2.56 bits per heavy atom. The molecule has 1 amide bonds. The fourth-order valence-corrected chi connectivity index (χ4v) is 1.59. The Kier molecular flexibility index (Phi) is 3.67. The molecule has 0 saturated carbocycles. The van der Waals surface area contributed by atoms with Crippen LogP contribution in [0.25, 0.3) is 0 Å². The van der Waals surface area contributed by atoms with Gasteiger partial charge in [0.05, 0.1) is 0 Å². The molecule has 4 heteroatoms. The summed E-state index contributed by atoms with van der Waals surface area (Å²) in [6, 6.07) is 10.9. The van der Waals surface area contributed by atoms with Gasteiger partial charge in [0.1, 0.15) is 5.76 Å². The maximum absolute atomic E-state index is 11.8. The fourth-order valence-electron chi connectivity index (χ4n) is 1.59. The quantitative estimate of drug-likeness (QED) is 0.811. The monoisotopic (exact) mass is 244 g/mol. The number of carbonyl (C=O) groups is 1. The number of hydrogen-bond acceptors (Lipinski definition) is 3. The molecule has 2 rings (SSSR count). The zero-order valence-electron chi connectivity index (χ0n) is 10.3. The van der Waals surface area contributed by atoms with Crippen molar-refractivity contribution in [2.24, 2.45) is 0 Å². The van der Waals surface area contributed by atoms with Crippen molar-refractivity contribution in [1.29, 1.82) is 0 Å². The number of aryl methyl sites for hydroxylation is 1. The molecular weight excluding hydrogens is 228 g/mol. The summed E-state index contributed by atoms with van der Waals surface area (Å²) >= 11 is 0. The normalized spacial score (nSPS) is 10.3. The van der Waals surface area contributed by atoms with Crippen molar-refractivity contribution in [3.05, 3.63) is 53.5 Å². The number of hydrogen-bond donors (Lipinski definition) is 2. The summed E-state index contributed by atoms with van der Waals surface area (Å²) in [6.07, 6.45) is 0.783. The molecule has 1 aromatic carbocycles. The van der Waals surface area contributed by atoms with Gasteiger partial charge < -0.3 is 15.5 Å². The van der Waals surface area contributed by atoms with Crippen molar-refractivity contribution < 1.29 is 9.21 Å². The molecule has 0 spiro atoms. The first-order valence-electron chi connectivity index (χ1n) is 5.90. The summed E-state index contributed by atoms with van der Waals surface area (Å²) in [7, 11) is 0. The average Bonchev–Trinajstić information content (AvgIpc) is 2.86. The van der Waals surface area contributed by atoms with Crippen LogP contribution in [0.3, 0.4) is 0 Å². The third-order valence-corrected chi connectivity index (χ3v) is 2.67. The van der Waals surface area contributed by atoms with E-state index in [1.54, 1.807) is 6.07 Å². The average molecular weight is 244 g/mol. The Hall–Kier alpha value is -2.23. The van der Waals surface area contributed by atoms with Gasteiger partial charge in [0.25, 0.3) is 5.91 Å². The molecule has 0 aliphatic rings. The second kappa shape index (κ2) is 5.40. The highest BCUT2D eigenvalue weighted by molar-refractivity contribution is 5.91. The summed E-state index contributed by atoms with van der Waals surface area (Å²) in [6.45, 7) is 2.44. The van der Waals surface area contributed by atoms with Crippen LogP contribution in [0.1, 0.15) is 28.8 Å². The van der Waals surface area contributed by atoms with E-state index < -0.39 is 0 Å². The third-order valence-electron chi connectivity index (χ3n) is 2.67. The van der Waals surface area contributed by atoms with E-state index in [2.05, 4.69) is 5.32 Å². The summed E-state index contributed by atoms with van der Waals surface area (Å²) in [5.74, 6) is 0.960. The molecule has 18 heavy (non-hydrogen) atoms. The molecule has 3 N–H and O–H groups in total. The van der Waals surface area contributed by atoms with Gasteiger partial charge >= 0.3 is 0 Å². The predicted octanol–water partition coefficient (Wildman–Crippen LogP) is 2.35. The van der Waals surface area contributed by atoms with Gasteiger partial charge in [-0.25, -0.2) is 0 Å². The molecular formula is C14H16N2O2. The molecule has 94 valence electrons. The predicted molar refractivity (Wildman–Crippen MR) is 70.1 cm³/mol. The van der Waals surface area contributed by atoms with Gasteiger partial charge in [0.2, 0.25) is 0 Å². The maximum atomic E-state index is 11.8. The van der Waals surface area contributed by atoms with Crippen molar-refractivity contribution in [2.45, 2.75) is 19.9 Å². The standard InChI is InChI=1S/C14H16N2O2/c1-2-12-7-8-13(18-12)14(17)16-9-10-3-5-11(15)6-4-10/h3-8H,2,9,15H2,1H3,(H,16,17). The number of carbonyl (C=O) groups excluding carboxylic acids is 1. The van der Waals surface area contributed by atoms with Crippen molar-refractivity contribution in [3.63, 3.8) is 0 Å². The molecule has 1 heterocycles. The second-order valence-electron chi connectivity index (χ2n) is 4.04. The van der Waals surface area contributed by atoms with Crippen molar-refractivity contribution >= 4 is 11.6 Å². The number of anilines is 1. The van der Waals surface area contributed by atoms with Gasteiger partial charge in [-0.1, -0.05) is 19.1 Å². The Balaban J connectivity index is 1.93. The minimum absolute atomic E-state index is 0.202. The van der Waals surface area contributed by atoms with Crippen LogP contribution in [0, 0.1) is 0 Å². The highest BCUT2D eigenvalue weighted by Gasteiger charge is 2.09. The topological polar surface area (TPSA) is 68.3 Å². The fraction of sp³-hybridized carbons (Fsp3) is 0.214. The molecule has 1 aromatic heterocycles. The van der Waals surface area contributed by atoms with Gasteiger partial charge in [-0.15, -0.1) is 0 Å². The highest BCUT2D eigenvalue weighted by Crippen LogP contribution is 2.09. The van der Waals surface area contributed by atoms with Crippen LogP contribution >= 0.6 is 0 Å². The molecule has 2 aromatic rings. The lowest BCUT2D eigenvalue weighted by molar-refractivity contribution is 0.0921. The molecule has 0 fully saturated rings. The van der Waals surface area contributed by atoms with Crippen LogP contribution in [-0.2, 0) is 13.0 Å². The van der Waals surface area contributed by atoms with E-state index in [0.717, 1.165) is 17.7 Å². The lowest BCUT2D eigenvalue weighted by Gasteiger charge is -2.03. The molecule has 0 bridgehead atoms. The molecule has 0 saturated heterocycles. The van der Waals surface area contributed by atoms with Gasteiger partial charge in [0.15, 0.2) is 5.76 Å². The van der Waals surface area contributed by atoms with E-state index in [0.29, 0.717) is 18.0 Å². The Morgan fingerprint density at radius 1 is 1.22 bits per heavy atom. The SMILES string of the molecule is CCc1ccc(C(=O)NCc2ccc(N)cc2)o1. The van der Waals surface area contributed by atoms with Crippen molar-refractivity contribution in [1.82, 2.24) is 5.32 Å². The van der Waals surface area contributed by atoms with E-state index in [9.17, 15) is 4.79 Å². The molecule has 0 aliphatic carbocycles. The van der Waals surface area contributed by atoms with Gasteiger partial charge in [-0.2, -0.15) is 0 Å². The molecule has 0 atom stereocenters. The van der Waals surface area contributed by atoms with Crippen molar-refractivity contribution in [2.75, 3.05) is 5.73 Å². The summed E-state index contributed by atoms with van der Waals surface area (Å²) in [4.78, 5) is 11.8. The summed E-state index contributed by atoms with van der Waals surface area (Å²) < 4.78 is 5.37. The first kappa shape index (κ1) is 12.2. The number of nitrogens with one attached hydrogen (secondary N) is 1. The van der Waals surface area contributed by atoms with Gasteiger partial charge in [0, 0.05) is 18.7 Å². The van der Waals surface area contributed by atoms with E-state index in [-0.39, 0.29) is 5.91 Å². The Labute approximate surface area is 106 Å². The first-order valence-corrected chi connectivity index (χ1v) is 5.90. The maximum Gasteiger partial charge on any atom is 0.287 e. The van der Waals surface area contributed by atoms with E-state index in [1.807, 2.05) is 37.3 Å². The van der Waals surface area contributed by atoms with Crippen LogP contribution in [0.4, 0.5) is 5.69 Å². The number of furan rings is 1. The second-order valence-corrected chi connectivity index (χ2v) is 4.04. The van der Waals surface area contributed by atoms with E-state index in [4.69, 9.17) is 10.2 Å².